The highest BCUT2D eigenvalue weighted by Crippen LogP contribution is 2.36. The van der Waals surface area contributed by atoms with Gasteiger partial charge in [-0.1, -0.05) is 15.9 Å². The lowest BCUT2D eigenvalue weighted by Crippen LogP contribution is -2.26. The largest absolute Gasteiger partial charge is 0.486 e. The maximum absolute atomic E-state index is 5.93. The number of ether oxygens (including phenoxy) is 2. The number of rotatable bonds is 2. The lowest BCUT2D eigenvalue weighted by atomic mass is 10.2. The van der Waals surface area contributed by atoms with Gasteiger partial charge in [-0.2, -0.15) is 0 Å². The van der Waals surface area contributed by atoms with E-state index in [2.05, 4.69) is 26.9 Å². The van der Waals surface area contributed by atoms with E-state index in [1.165, 1.54) is 5.56 Å². The van der Waals surface area contributed by atoms with Crippen LogP contribution in [0.3, 0.4) is 0 Å². The first kappa shape index (κ1) is 12.3. The molecule has 98 valence electrons. The van der Waals surface area contributed by atoms with Crippen molar-refractivity contribution in [3.8, 4) is 11.5 Å². The number of fused-ring (bicyclic) bond motifs is 1. The zero-order valence-electron chi connectivity index (χ0n) is 10.2. The maximum Gasteiger partial charge on any atom is 0.162 e. The third-order valence-corrected chi connectivity index (χ3v) is 4.15. The highest BCUT2D eigenvalue weighted by Gasteiger charge is 2.21. The number of benzene rings is 1. The van der Waals surface area contributed by atoms with E-state index in [1.807, 2.05) is 6.07 Å². The summed E-state index contributed by atoms with van der Waals surface area (Å²) in [5.74, 6) is 1.68. The van der Waals surface area contributed by atoms with Crippen molar-refractivity contribution < 1.29 is 9.47 Å². The summed E-state index contributed by atoms with van der Waals surface area (Å²) in [4.78, 5) is 2.38. The molecule has 1 fully saturated rings. The molecule has 0 spiro atoms. The quantitative estimate of drug-likeness (QED) is 0.904. The van der Waals surface area contributed by atoms with E-state index in [4.69, 9.17) is 15.2 Å². The van der Waals surface area contributed by atoms with Crippen LogP contribution in [0.1, 0.15) is 12.0 Å². The van der Waals surface area contributed by atoms with E-state index in [0.717, 1.165) is 42.0 Å². The SMILES string of the molecule is N[C@@H]1CCN(Cc2cc3c(cc2Br)OCCO3)C1. The summed E-state index contributed by atoms with van der Waals surface area (Å²) in [5.41, 5.74) is 7.16. The Kier molecular flexibility index (Phi) is 3.46. The Morgan fingerprint density at radius 3 is 2.67 bits per heavy atom. The van der Waals surface area contributed by atoms with Gasteiger partial charge in [0, 0.05) is 30.1 Å². The topological polar surface area (TPSA) is 47.7 Å². The third-order valence-electron chi connectivity index (χ3n) is 3.41. The molecule has 1 aromatic rings. The van der Waals surface area contributed by atoms with Crippen LogP contribution in [-0.4, -0.2) is 37.2 Å². The van der Waals surface area contributed by atoms with Crippen LogP contribution in [-0.2, 0) is 6.54 Å². The molecule has 0 radical (unpaired) electrons. The van der Waals surface area contributed by atoms with Gasteiger partial charge >= 0.3 is 0 Å². The van der Waals surface area contributed by atoms with Gasteiger partial charge < -0.3 is 15.2 Å². The van der Waals surface area contributed by atoms with E-state index in [-0.39, 0.29) is 0 Å². The molecule has 2 aliphatic heterocycles. The molecular weight excluding hydrogens is 296 g/mol. The molecule has 2 heterocycles. The minimum absolute atomic E-state index is 0.320. The van der Waals surface area contributed by atoms with Crippen LogP contribution in [0.15, 0.2) is 16.6 Å². The molecule has 3 rings (SSSR count). The normalized spacial score (nSPS) is 23.3. The first-order valence-electron chi connectivity index (χ1n) is 6.28. The Morgan fingerprint density at radius 2 is 2.00 bits per heavy atom. The van der Waals surface area contributed by atoms with Crippen molar-refractivity contribution in [2.75, 3.05) is 26.3 Å². The number of hydrogen-bond donors (Lipinski definition) is 1. The molecule has 4 nitrogen and oxygen atoms in total. The molecule has 18 heavy (non-hydrogen) atoms. The number of likely N-dealkylation sites (tertiary alicyclic amines) is 1. The van der Waals surface area contributed by atoms with E-state index in [1.54, 1.807) is 0 Å². The van der Waals surface area contributed by atoms with Gasteiger partial charge in [0.1, 0.15) is 13.2 Å². The lowest BCUT2D eigenvalue weighted by molar-refractivity contribution is 0.171. The summed E-state index contributed by atoms with van der Waals surface area (Å²) >= 11 is 3.60. The zero-order valence-corrected chi connectivity index (χ0v) is 11.8. The zero-order chi connectivity index (χ0) is 12.5. The average Bonchev–Trinajstić information content (AvgIpc) is 2.76. The van der Waals surface area contributed by atoms with Crippen molar-refractivity contribution in [2.45, 2.75) is 19.0 Å². The highest BCUT2D eigenvalue weighted by atomic mass is 79.9. The van der Waals surface area contributed by atoms with Crippen LogP contribution in [0.4, 0.5) is 0 Å². The first-order valence-corrected chi connectivity index (χ1v) is 7.07. The second-order valence-electron chi connectivity index (χ2n) is 4.87. The molecule has 0 bridgehead atoms. The number of halogens is 1. The van der Waals surface area contributed by atoms with Crippen molar-refractivity contribution in [1.82, 2.24) is 4.90 Å². The predicted molar refractivity (Wildman–Crippen MR) is 73.0 cm³/mol. The summed E-state index contributed by atoms with van der Waals surface area (Å²) in [6.45, 7) is 4.20. The number of nitrogens with zero attached hydrogens (tertiary/aromatic N) is 1. The fraction of sp³-hybridized carbons (Fsp3) is 0.538. The van der Waals surface area contributed by atoms with Crippen molar-refractivity contribution in [1.29, 1.82) is 0 Å². The molecule has 2 aliphatic rings. The Bertz CT molecular complexity index is 453. The van der Waals surface area contributed by atoms with Crippen LogP contribution in [0.2, 0.25) is 0 Å². The molecule has 1 saturated heterocycles. The second kappa shape index (κ2) is 5.07. The molecule has 0 unspecified atom stereocenters. The number of nitrogens with two attached hydrogens (primary N) is 1. The Morgan fingerprint density at radius 1 is 1.28 bits per heavy atom. The predicted octanol–water partition coefficient (Wildman–Crippen LogP) is 1.75. The Labute approximate surface area is 115 Å². The van der Waals surface area contributed by atoms with Crippen LogP contribution >= 0.6 is 15.9 Å². The summed E-state index contributed by atoms with van der Waals surface area (Å²) in [5, 5.41) is 0. The summed E-state index contributed by atoms with van der Waals surface area (Å²) in [7, 11) is 0. The van der Waals surface area contributed by atoms with Crippen LogP contribution in [0, 0.1) is 0 Å². The monoisotopic (exact) mass is 312 g/mol. The van der Waals surface area contributed by atoms with Gasteiger partial charge in [-0.25, -0.2) is 0 Å². The maximum atomic E-state index is 5.93. The minimum atomic E-state index is 0.320. The van der Waals surface area contributed by atoms with Crippen molar-refractivity contribution >= 4 is 15.9 Å². The number of hydrogen-bond acceptors (Lipinski definition) is 4. The van der Waals surface area contributed by atoms with Crippen LogP contribution in [0.5, 0.6) is 11.5 Å². The molecule has 5 heteroatoms. The summed E-state index contributed by atoms with van der Waals surface area (Å²) in [6, 6.07) is 4.39. The summed E-state index contributed by atoms with van der Waals surface area (Å²) < 4.78 is 12.2. The van der Waals surface area contributed by atoms with Gasteiger partial charge in [-0.15, -0.1) is 0 Å². The smallest absolute Gasteiger partial charge is 0.162 e. The second-order valence-corrected chi connectivity index (χ2v) is 5.73. The molecule has 0 saturated carbocycles. The molecule has 1 atom stereocenters. The van der Waals surface area contributed by atoms with Crippen LogP contribution in [0.25, 0.3) is 0 Å². The minimum Gasteiger partial charge on any atom is -0.486 e. The standard InChI is InChI=1S/C13H17BrN2O2/c14-11-6-13-12(17-3-4-18-13)5-9(11)7-16-2-1-10(15)8-16/h5-6,10H,1-4,7-8,15H2/t10-/m1/s1. The average molecular weight is 313 g/mol. The van der Waals surface area contributed by atoms with Gasteiger partial charge in [0.05, 0.1) is 0 Å². The molecule has 2 N–H and O–H groups in total. The van der Waals surface area contributed by atoms with Gasteiger partial charge in [0.2, 0.25) is 0 Å². The van der Waals surface area contributed by atoms with Gasteiger partial charge in [-0.3, -0.25) is 4.90 Å². The molecule has 0 aliphatic carbocycles. The van der Waals surface area contributed by atoms with E-state index in [0.29, 0.717) is 19.3 Å². The molecule has 0 aromatic heterocycles. The Hall–Kier alpha value is -0.780. The fourth-order valence-corrected chi connectivity index (χ4v) is 2.92. The van der Waals surface area contributed by atoms with Crippen molar-refractivity contribution in [3.05, 3.63) is 22.2 Å². The van der Waals surface area contributed by atoms with Crippen LogP contribution < -0.4 is 15.2 Å². The van der Waals surface area contributed by atoms with Gasteiger partial charge in [0.15, 0.2) is 11.5 Å². The molecule has 1 aromatic carbocycles. The molecule has 0 amide bonds. The van der Waals surface area contributed by atoms with Crippen molar-refractivity contribution in [2.24, 2.45) is 5.73 Å². The lowest BCUT2D eigenvalue weighted by Gasteiger charge is -2.22. The molecular formula is C13H17BrN2O2. The third kappa shape index (κ3) is 2.48. The van der Waals surface area contributed by atoms with Gasteiger partial charge in [0.25, 0.3) is 0 Å². The highest BCUT2D eigenvalue weighted by molar-refractivity contribution is 9.10. The Balaban J connectivity index is 1.79. The van der Waals surface area contributed by atoms with Gasteiger partial charge in [-0.05, 0) is 24.1 Å². The van der Waals surface area contributed by atoms with E-state index in [9.17, 15) is 0 Å². The van der Waals surface area contributed by atoms with Crippen molar-refractivity contribution in [3.63, 3.8) is 0 Å². The summed E-state index contributed by atoms with van der Waals surface area (Å²) in [6.07, 6.45) is 1.09. The van der Waals surface area contributed by atoms with E-state index >= 15 is 0 Å². The first-order chi connectivity index (χ1) is 8.72. The fourth-order valence-electron chi connectivity index (χ4n) is 2.47. The van der Waals surface area contributed by atoms with E-state index < -0.39 is 0 Å².